The molecule has 2 aromatic heterocycles. The van der Waals surface area contributed by atoms with Gasteiger partial charge in [-0.1, -0.05) is 12.1 Å². The number of benzene rings is 2. The molecule has 0 saturated carbocycles. The number of hydrogen-bond acceptors (Lipinski definition) is 5. The van der Waals surface area contributed by atoms with Crippen LogP contribution in [0.2, 0.25) is 0 Å². The third kappa shape index (κ3) is 3.83. The quantitative estimate of drug-likeness (QED) is 0.521. The molecule has 29 heavy (non-hydrogen) atoms. The van der Waals surface area contributed by atoms with Crippen LogP contribution < -0.4 is 4.72 Å². The number of hydrogen-bond donors (Lipinski definition) is 2. The fourth-order valence-electron chi connectivity index (χ4n) is 2.78. The zero-order valence-corrected chi connectivity index (χ0v) is 15.5. The number of nitrogens with one attached hydrogen (secondary N) is 2. The van der Waals surface area contributed by atoms with Gasteiger partial charge < -0.3 is 0 Å². The lowest BCUT2D eigenvalue weighted by Crippen LogP contribution is -2.15. The number of H-pyrrole nitrogens is 1. The van der Waals surface area contributed by atoms with Gasteiger partial charge in [0.05, 0.1) is 5.69 Å². The van der Waals surface area contributed by atoms with Crippen molar-refractivity contribution in [1.29, 1.82) is 0 Å². The summed E-state index contributed by atoms with van der Waals surface area (Å²) in [6.45, 7) is 0. The van der Waals surface area contributed by atoms with Gasteiger partial charge in [0.25, 0.3) is 10.0 Å². The summed E-state index contributed by atoms with van der Waals surface area (Å²) in [6, 6.07) is 10.3. The van der Waals surface area contributed by atoms with Crippen LogP contribution in [-0.4, -0.2) is 28.6 Å². The van der Waals surface area contributed by atoms with Crippen LogP contribution in [0.3, 0.4) is 0 Å². The fraction of sp³-hybridized carbons (Fsp3) is 0. The third-order valence-electron chi connectivity index (χ3n) is 4.07. The molecule has 0 aliphatic rings. The Morgan fingerprint density at radius 2 is 1.90 bits per heavy atom. The minimum atomic E-state index is -4.33. The second kappa shape index (κ2) is 7.40. The SMILES string of the molecule is O=S(=O)(Nc1cccc(-c2n[nH]cc2-c2ccncn2)c1)c1cc(F)ccc1F. The second-order valence-electron chi connectivity index (χ2n) is 6.00. The predicted octanol–water partition coefficient (Wildman–Crippen LogP) is 3.61. The first kappa shape index (κ1) is 18.7. The van der Waals surface area contributed by atoms with Gasteiger partial charge in [0.15, 0.2) is 0 Å². The monoisotopic (exact) mass is 413 g/mol. The molecule has 10 heteroatoms. The van der Waals surface area contributed by atoms with Crippen molar-refractivity contribution >= 4 is 15.7 Å². The number of nitrogens with zero attached hydrogens (tertiary/aromatic N) is 3. The highest BCUT2D eigenvalue weighted by molar-refractivity contribution is 7.92. The van der Waals surface area contributed by atoms with Crippen molar-refractivity contribution in [3.05, 3.63) is 78.9 Å². The molecule has 0 saturated heterocycles. The van der Waals surface area contributed by atoms with E-state index in [9.17, 15) is 17.2 Å². The standard InChI is InChI=1S/C19H13F2N5O2S/c20-13-4-5-16(21)18(9-13)29(27,28)26-14-3-1-2-12(8-14)19-15(10-24-25-19)17-6-7-22-11-23-17/h1-11,26H,(H,24,25). The average Bonchev–Trinajstić information content (AvgIpc) is 3.20. The van der Waals surface area contributed by atoms with E-state index in [0.717, 1.165) is 12.1 Å². The van der Waals surface area contributed by atoms with Crippen molar-refractivity contribution in [3.8, 4) is 22.5 Å². The second-order valence-corrected chi connectivity index (χ2v) is 7.65. The highest BCUT2D eigenvalue weighted by Crippen LogP contribution is 2.30. The number of aromatic amines is 1. The first-order chi connectivity index (χ1) is 13.9. The van der Waals surface area contributed by atoms with E-state index < -0.39 is 26.6 Å². The summed E-state index contributed by atoms with van der Waals surface area (Å²) in [7, 11) is -4.33. The lowest BCUT2D eigenvalue weighted by molar-refractivity contribution is 0.555. The molecule has 0 spiro atoms. The molecular formula is C19H13F2N5O2S. The molecule has 0 amide bonds. The van der Waals surface area contributed by atoms with Crippen LogP contribution in [0.1, 0.15) is 0 Å². The number of sulfonamides is 1. The summed E-state index contributed by atoms with van der Waals surface area (Å²) in [6.07, 6.45) is 4.66. The zero-order valence-electron chi connectivity index (χ0n) is 14.7. The fourth-order valence-corrected chi connectivity index (χ4v) is 3.92. The number of rotatable bonds is 5. The summed E-state index contributed by atoms with van der Waals surface area (Å²) < 4.78 is 54.6. The molecule has 4 aromatic rings. The maximum atomic E-state index is 13.9. The van der Waals surface area contributed by atoms with Crippen molar-refractivity contribution in [2.24, 2.45) is 0 Å². The summed E-state index contributed by atoms with van der Waals surface area (Å²) in [5.41, 5.74) is 2.64. The van der Waals surface area contributed by atoms with Gasteiger partial charge in [-0.15, -0.1) is 0 Å². The predicted molar refractivity (Wildman–Crippen MR) is 102 cm³/mol. The molecule has 0 unspecified atom stereocenters. The van der Waals surface area contributed by atoms with Crippen LogP contribution in [0.15, 0.2) is 72.1 Å². The van der Waals surface area contributed by atoms with Gasteiger partial charge in [0.1, 0.15) is 28.6 Å². The summed E-state index contributed by atoms with van der Waals surface area (Å²) in [5.74, 6) is -1.90. The number of halogens is 2. The average molecular weight is 413 g/mol. The topological polar surface area (TPSA) is 101 Å². The normalized spacial score (nSPS) is 11.4. The maximum absolute atomic E-state index is 13.9. The van der Waals surface area contributed by atoms with E-state index in [1.165, 1.54) is 18.5 Å². The van der Waals surface area contributed by atoms with E-state index in [2.05, 4.69) is 24.9 Å². The largest absolute Gasteiger partial charge is 0.284 e. The Morgan fingerprint density at radius 1 is 1.03 bits per heavy atom. The van der Waals surface area contributed by atoms with Gasteiger partial charge in [-0.05, 0) is 36.4 Å². The van der Waals surface area contributed by atoms with Crippen LogP contribution in [0.5, 0.6) is 0 Å². The summed E-state index contributed by atoms with van der Waals surface area (Å²) in [4.78, 5) is 7.29. The highest BCUT2D eigenvalue weighted by atomic mass is 32.2. The molecule has 0 aliphatic carbocycles. The Bertz CT molecular complexity index is 1280. The molecule has 2 aromatic carbocycles. The molecule has 0 atom stereocenters. The lowest BCUT2D eigenvalue weighted by atomic mass is 10.1. The van der Waals surface area contributed by atoms with Crippen LogP contribution >= 0.6 is 0 Å². The molecule has 2 heterocycles. The van der Waals surface area contributed by atoms with Gasteiger partial charge in [-0.2, -0.15) is 5.10 Å². The molecule has 4 rings (SSSR count). The van der Waals surface area contributed by atoms with E-state index >= 15 is 0 Å². The van der Waals surface area contributed by atoms with E-state index in [1.54, 1.807) is 30.6 Å². The zero-order chi connectivity index (χ0) is 20.4. The summed E-state index contributed by atoms with van der Waals surface area (Å²) in [5, 5.41) is 6.97. The minimum Gasteiger partial charge on any atom is -0.284 e. The van der Waals surface area contributed by atoms with Crippen LogP contribution in [0.25, 0.3) is 22.5 Å². The van der Waals surface area contributed by atoms with Crippen molar-refractivity contribution in [3.63, 3.8) is 0 Å². The number of anilines is 1. The van der Waals surface area contributed by atoms with Crippen molar-refractivity contribution in [2.75, 3.05) is 4.72 Å². The molecule has 146 valence electrons. The van der Waals surface area contributed by atoms with E-state index in [4.69, 9.17) is 0 Å². The molecule has 0 fully saturated rings. The Balaban J connectivity index is 1.69. The molecule has 2 N–H and O–H groups in total. The summed E-state index contributed by atoms with van der Waals surface area (Å²) >= 11 is 0. The van der Waals surface area contributed by atoms with E-state index in [0.29, 0.717) is 28.6 Å². The van der Waals surface area contributed by atoms with Crippen LogP contribution in [-0.2, 0) is 10.0 Å². The van der Waals surface area contributed by atoms with Crippen molar-refractivity contribution < 1.29 is 17.2 Å². The lowest BCUT2D eigenvalue weighted by Gasteiger charge is -2.10. The van der Waals surface area contributed by atoms with Crippen LogP contribution in [0.4, 0.5) is 14.5 Å². The first-order valence-corrected chi connectivity index (χ1v) is 9.81. The van der Waals surface area contributed by atoms with Gasteiger partial charge in [0.2, 0.25) is 0 Å². The van der Waals surface area contributed by atoms with Gasteiger partial charge in [-0.3, -0.25) is 9.82 Å². The molecule has 0 radical (unpaired) electrons. The maximum Gasteiger partial charge on any atom is 0.264 e. The minimum absolute atomic E-state index is 0.169. The molecule has 0 aliphatic heterocycles. The Hall–Kier alpha value is -3.66. The molecule has 0 bridgehead atoms. The third-order valence-corrected chi connectivity index (χ3v) is 5.47. The molecular weight excluding hydrogens is 400 g/mol. The van der Waals surface area contributed by atoms with Crippen molar-refractivity contribution in [1.82, 2.24) is 20.2 Å². The first-order valence-electron chi connectivity index (χ1n) is 8.32. The molecule has 7 nitrogen and oxygen atoms in total. The smallest absolute Gasteiger partial charge is 0.264 e. The Kier molecular flexibility index (Phi) is 4.77. The van der Waals surface area contributed by atoms with E-state index in [-0.39, 0.29) is 5.69 Å². The van der Waals surface area contributed by atoms with Gasteiger partial charge in [0, 0.05) is 29.2 Å². The Morgan fingerprint density at radius 3 is 2.69 bits per heavy atom. The Labute approximate surface area is 164 Å². The van der Waals surface area contributed by atoms with Gasteiger partial charge in [-0.25, -0.2) is 27.2 Å². The van der Waals surface area contributed by atoms with Crippen molar-refractivity contribution in [2.45, 2.75) is 4.90 Å². The van der Waals surface area contributed by atoms with Gasteiger partial charge >= 0.3 is 0 Å². The number of aromatic nitrogens is 4. The van der Waals surface area contributed by atoms with E-state index in [1.807, 2.05) is 0 Å². The highest BCUT2D eigenvalue weighted by Gasteiger charge is 2.21. The van der Waals surface area contributed by atoms with Crippen LogP contribution in [0, 0.1) is 11.6 Å².